The number of aromatic nitrogens is 2. The third-order valence-corrected chi connectivity index (χ3v) is 7.68. The second-order valence-corrected chi connectivity index (χ2v) is 11.1. The SMILES string of the molecule is O=c1c2cc(Br)ccc2nc(C2CCCCC2)n1N=Cc1cc(Cl)cc(Br)c1OCc1ccccc1. The van der Waals surface area contributed by atoms with Gasteiger partial charge in [-0.3, -0.25) is 4.79 Å². The monoisotopic (exact) mass is 627 g/mol. The molecule has 0 aliphatic heterocycles. The van der Waals surface area contributed by atoms with Crippen molar-refractivity contribution >= 4 is 60.6 Å². The van der Waals surface area contributed by atoms with Gasteiger partial charge in [0.15, 0.2) is 0 Å². The molecule has 8 heteroatoms. The Balaban J connectivity index is 1.58. The Morgan fingerprint density at radius 1 is 1.06 bits per heavy atom. The molecule has 184 valence electrons. The van der Waals surface area contributed by atoms with Gasteiger partial charge in [0, 0.05) is 21.0 Å². The highest BCUT2D eigenvalue weighted by atomic mass is 79.9. The van der Waals surface area contributed by atoms with Crippen molar-refractivity contribution in [1.29, 1.82) is 0 Å². The number of rotatable bonds is 6. The average Bonchev–Trinajstić information content (AvgIpc) is 2.89. The van der Waals surface area contributed by atoms with Crippen LogP contribution < -0.4 is 10.3 Å². The second-order valence-electron chi connectivity index (χ2n) is 8.91. The molecule has 0 bridgehead atoms. The molecule has 4 aromatic rings. The summed E-state index contributed by atoms with van der Waals surface area (Å²) in [4.78, 5) is 18.5. The van der Waals surface area contributed by atoms with Crippen LogP contribution in [0.4, 0.5) is 0 Å². The fraction of sp³-hybridized carbons (Fsp3) is 0.250. The average molecular weight is 630 g/mol. The van der Waals surface area contributed by atoms with Crippen molar-refractivity contribution in [2.75, 3.05) is 0 Å². The van der Waals surface area contributed by atoms with Gasteiger partial charge in [-0.25, -0.2) is 4.98 Å². The smallest absolute Gasteiger partial charge is 0.282 e. The van der Waals surface area contributed by atoms with Crippen LogP contribution >= 0.6 is 43.5 Å². The molecule has 0 unspecified atom stereocenters. The van der Waals surface area contributed by atoms with E-state index in [0.717, 1.165) is 35.7 Å². The predicted octanol–water partition coefficient (Wildman–Crippen LogP) is 8.08. The van der Waals surface area contributed by atoms with Crippen LogP contribution in [0.3, 0.4) is 0 Å². The van der Waals surface area contributed by atoms with Gasteiger partial charge >= 0.3 is 0 Å². The van der Waals surface area contributed by atoms with Gasteiger partial charge in [-0.2, -0.15) is 9.78 Å². The molecular weight excluding hydrogens is 606 g/mol. The van der Waals surface area contributed by atoms with Crippen LogP contribution in [0.15, 0.2) is 79.5 Å². The van der Waals surface area contributed by atoms with Gasteiger partial charge in [-0.1, -0.05) is 77.1 Å². The third kappa shape index (κ3) is 5.58. The lowest BCUT2D eigenvalue weighted by Gasteiger charge is -2.22. The van der Waals surface area contributed by atoms with Gasteiger partial charge in [0.25, 0.3) is 5.56 Å². The lowest BCUT2D eigenvalue weighted by Crippen LogP contribution is -2.25. The minimum absolute atomic E-state index is 0.189. The maximum atomic E-state index is 13.6. The van der Waals surface area contributed by atoms with E-state index in [1.165, 1.54) is 11.1 Å². The molecule has 36 heavy (non-hydrogen) atoms. The summed E-state index contributed by atoms with van der Waals surface area (Å²) in [5.41, 5.74) is 2.21. The van der Waals surface area contributed by atoms with Crippen LogP contribution in [-0.2, 0) is 6.61 Å². The van der Waals surface area contributed by atoms with Gasteiger partial charge < -0.3 is 4.74 Å². The Morgan fingerprint density at radius 2 is 1.83 bits per heavy atom. The van der Waals surface area contributed by atoms with E-state index in [9.17, 15) is 4.79 Å². The van der Waals surface area contributed by atoms with E-state index in [0.29, 0.717) is 44.1 Å². The van der Waals surface area contributed by atoms with Crippen LogP contribution in [0.2, 0.25) is 5.02 Å². The highest BCUT2D eigenvalue weighted by molar-refractivity contribution is 9.10. The van der Waals surface area contributed by atoms with Crippen molar-refractivity contribution in [1.82, 2.24) is 9.66 Å². The zero-order valence-corrected chi connectivity index (χ0v) is 23.4. The first-order valence-electron chi connectivity index (χ1n) is 11.9. The minimum Gasteiger partial charge on any atom is -0.487 e. The first kappa shape index (κ1) is 25.2. The van der Waals surface area contributed by atoms with Crippen molar-refractivity contribution in [2.24, 2.45) is 5.10 Å². The molecule has 1 fully saturated rings. The summed E-state index contributed by atoms with van der Waals surface area (Å²) < 4.78 is 9.15. The Kier molecular flexibility index (Phi) is 7.89. The number of halogens is 3. The normalized spacial score (nSPS) is 14.5. The maximum Gasteiger partial charge on any atom is 0.282 e. The molecule has 3 aromatic carbocycles. The molecule has 0 amide bonds. The van der Waals surface area contributed by atoms with E-state index < -0.39 is 0 Å². The highest BCUT2D eigenvalue weighted by Gasteiger charge is 2.22. The molecule has 5 rings (SSSR count). The molecule has 1 heterocycles. The van der Waals surface area contributed by atoms with E-state index in [1.54, 1.807) is 24.4 Å². The van der Waals surface area contributed by atoms with Crippen molar-refractivity contribution in [3.63, 3.8) is 0 Å². The molecule has 0 radical (unpaired) electrons. The number of nitrogens with zero attached hydrogens (tertiary/aromatic N) is 3. The number of hydrogen-bond acceptors (Lipinski definition) is 4. The summed E-state index contributed by atoms with van der Waals surface area (Å²) >= 11 is 13.4. The van der Waals surface area contributed by atoms with Crippen LogP contribution in [0.5, 0.6) is 5.75 Å². The lowest BCUT2D eigenvalue weighted by atomic mass is 9.88. The van der Waals surface area contributed by atoms with Crippen LogP contribution in [0.1, 0.15) is 55.0 Å². The van der Waals surface area contributed by atoms with Gasteiger partial charge in [0.2, 0.25) is 0 Å². The van der Waals surface area contributed by atoms with Gasteiger partial charge in [-0.15, -0.1) is 0 Å². The van der Waals surface area contributed by atoms with Crippen LogP contribution in [-0.4, -0.2) is 15.9 Å². The van der Waals surface area contributed by atoms with E-state index in [4.69, 9.17) is 21.3 Å². The molecule has 1 aliphatic carbocycles. The molecule has 0 spiro atoms. The Bertz CT molecular complexity index is 1480. The molecule has 0 saturated heterocycles. The zero-order valence-electron chi connectivity index (χ0n) is 19.5. The fourth-order valence-electron chi connectivity index (χ4n) is 4.58. The Morgan fingerprint density at radius 3 is 2.61 bits per heavy atom. The minimum atomic E-state index is -0.189. The summed E-state index contributed by atoms with van der Waals surface area (Å²) in [5.74, 6) is 1.51. The summed E-state index contributed by atoms with van der Waals surface area (Å²) in [6.07, 6.45) is 7.10. The molecule has 1 aromatic heterocycles. The quantitative estimate of drug-likeness (QED) is 0.203. The predicted molar refractivity (Wildman–Crippen MR) is 152 cm³/mol. The topological polar surface area (TPSA) is 56.5 Å². The van der Waals surface area contributed by atoms with Crippen molar-refractivity contribution in [3.05, 3.63) is 102 Å². The number of benzene rings is 3. The maximum absolute atomic E-state index is 13.6. The van der Waals surface area contributed by atoms with Gasteiger partial charge in [0.1, 0.15) is 18.2 Å². The Hall–Kier alpha value is -2.48. The number of ether oxygens (including phenoxy) is 1. The standard InChI is InChI=1S/C28H24Br2ClN3O2/c29-21-11-12-25-23(14-21)28(35)34(27(33-25)19-9-5-2-6-10-19)32-16-20-13-22(31)15-24(30)26(20)36-17-18-7-3-1-4-8-18/h1,3-4,7-8,11-16,19H,2,5-6,9-10,17H2. The molecule has 1 saturated carbocycles. The molecule has 0 atom stereocenters. The zero-order chi connectivity index (χ0) is 25.1. The van der Waals surface area contributed by atoms with E-state index in [2.05, 4.69) is 37.0 Å². The lowest BCUT2D eigenvalue weighted by molar-refractivity contribution is 0.304. The number of hydrogen-bond donors (Lipinski definition) is 0. The van der Waals surface area contributed by atoms with E-state index in [-0.39, 0.29) is 11.5 Å². The largest absolute Gasteiger partial charge is 0.487 e. The van der Waals surface area contributed by atoms with Crippen molar-refractivity contribution in [2.45, 2.75) is 44.6 Å². The second kappa shape index (κ2) is 11.3. The summed E-state index contributed by atoms with van der Waals surface area (Å²) in [6.45, 7) is 0.390. The number of fused-ring (bicyclic) bond motifs is 1. The third-order valence-electron chi connectivity index (χ3n) is 6.38. The molecule has 0 N–H and O–H groups in total. The van der Waals surface area contributed by atoms with E-state index in [1.807, 2.05) is 42.5 Å². The highest BCUT2D eigenvalue weighted by Crippen LogP contribution is 2.34. The Labute approximate surface area is 231 Å². The summed E-state index contributed by atoms with van der Waals surface area (Å²) in [7, 11) is 0. The first-order valence-corrected chi connectivity index (χ1v) is 13.9. The summed E-state index contributed by atoms with van der Waals surface area (Å²) in [6, 6.07) is 19.1. The molecule has 5 nitrogen and oxygen atoms in total. The summed E-state index contributed by atoms with van der Waals surface area (Å²) in [5, 5.41) is 5.73. The van der Waals surface area contributed by atoms with E-state index >= 15 is 0 Å². The van der Waals surface area contributed by atoms with Crippen molar-refractivity contribution in [3.8, 4) is 5.75 Å². The van der Waals surface area contributed by atoms with Crippen molar-refractivity contribution < 1.29 is 4.74 Å². The van der Waals surface area contributed by atoms with Crippen LogP contribution in [0.25, 0.3) is 10.9 Å². The first-order chi connectivity index (χ1) is 17.5. The molecule has 1 aliphatic rings. The van der Waals surface area contributed by atoms with Gasteiger partial charge in [-0.05, 0) is 64.7 Å². The van der Waals surface area contributed by atoms with Gasteiger partial charge in [0.05, 0.1) is 21.6 Å². The van der Waals surface area contributed by atoms with Crippen LogP contribution in [0, 0.1) is 0 Å². The molecular formula is C28H24Br2ClN3O2. The fourth-order valence-corrected chi connectivity index (χ4v) is 5.89.